The lowest BCUT2D eigenvalue weighted by Crippen LogP contribution is -2.18. The topological polar surface area (TPSA) is 15.8 Å². The maximum Gasteiger partial charge on any atom is 0.431 e. The molecule has 1 rings (SSSR count). The van der Waals surface area contributed by atoms with Crippen LogP contribution in [0.15, 0.2) is 12.1 Å². The second-order valence-corrected chi connectivity index (χ2v) is 3.05. The number of alkyl halides is 6. The minimum absolute atomic E-state index is 0.307. The van der Waals surface area contributed by atoms with Gasteiger partial charge in [0, 0.05) is 0 Å². The maximum absolute atomic E-state index is 12.2. The molecule has 1 N–H and O–H groups in total. The van der Waals surface area contributed by atoms with Gasteiger partial charge in [-0.2, -0.15) is 26.3 Å². The molecule has 0 aliphatic carbocycles. The molecule has 15 heavy (non-hydrogen) atoms. The standard InChI is InChI=1S/C7H3F6NS/c8-6(9,10)3-1-2-4(15)14-5(3)7(11,12)13/h1-2H,(H,14,15). The molecule has 84 valence electrons. The summed E-state index contributed by atoms with van der Waals surface area (Å²) >= 11 is 4.33. The van der Waals surface area contributed by atoms with Gasteiger partial charge < -0.3 is 4.98 Å². The number of hydrogen-bond acceptors (Lipinski definition) is 1. The minimum Gasteiger partial charge on any atom is -0.342 e. The summed E-state index contributed by atoms with van der Waals surface area (Å²) in [5.74, 6) is 0. The Morgan fingerprint density at radius 3 is 1.87 bits per heavy atom. The van der Waals surface area contributed by atoms with Gasteiger partial charge in [0.15, 0.2) is 0 Å². The average molecular weight is 247 g/mol. The molecule has 1 nitrogen and oxygen atoms in total. The van der Waals surface area contributed by atoms with Crippen LogP contribution in [-0.2, 0) is 12.4 Å². The van der Waals surface area contributed by atoms with Crippen LogP contribution in [0, 0.1) is 4.64 Å². The van der Waals surface area contributed by atoms with E-state index in [1.54, 1.807) is 0 Å². The van der Waals surface area contributed by atoms with Crippen LogP contribution in [0.25, 0.3) is 0 Å². The third-order valence-corrected chi connectivity index (χ3v) is 1.75. The summed E-state index contributed by atoms with van der Waals surface area (Å²) < 4.78 is 72.6. The van der Waals surface area contributed by atoms with E-state index in [0.717, 1.165) is 6.07 Å². The molecule has 0 aliphatic rings. The predicted octanol–water partition coefficient (Wildman–Crippen LogP) is 3.78. The van der Waals surface area contributed by atoms with Crippen molar-refractivity contribution in [2.75, 3.05) is 0 Å². The van der Waals surface area contributed by atoms with Gasteiger partial charge in [0.2, 0.25) is 0 Å². The largest absolute Gasteiger partial charge is 0.431 e. The fourth-order valence-electron chi connectivity index (χ4n) is 0.934. The molecule has 0 radical (unpaired) electrons. The van der Waals surface area contributed by atoms with Crippen molar-refractivity contribution < 1.29 is 26.3 Å². The quantitative estimate of drug-likeness (QED) is 0.545. The Morgan fingerprint density at radius 2 is 1.47 bits per heavy atom. The van der Waals surface area contributed by atoms with Crippen molar-refractivity contribution in [2.45, 2.75) is 12.4 Å². The number of aromatic amines is 1. The Balaban J connectivity index is 3.48. The molecule has 0 saturated heterocycles. The summed E-state index contributed by atoms with van der Waals surface area (Å²) in [4.78, 5) is 1.49. The number of nitrogens with one attached hydrogen (secondary N) is 1. The zero-order valence-electron chi connectivity index (χ0n) is 6.83. The number of pyridine rings is 1. The summed E-state index contributed by atoms with van der Waals surface area (Å²) in [6, 6.07) is 1.06. The first-order valence-electron chi connectivity index (χ1n) is 3.50. The van der Waals surface area contributed by atoms with E-state index < -0.39 is 28.3 Å². The summed E-state index contributed by atoms with van der Waals surface area (Å²) in [7, 11) is 0. The van der Waals surface area contributed by atoms with Crippen molar-refractivity contribution in [3.05, 3.63) is 28.0 Å². The molecular formula is C7H3F6NS. The molecule has 0 aliphatic heterocycles. The SMILES string of the molecule is FC(F)(F)c1ccc(=S)[nH]c1C(F)(F)F. The average Bonchev–Trinajstić information content (AvgIpc) is 2.00. The van der Waals surface area contributed by atoms with Crippen molar-refractivity contribution in [3.8, 4) is 0 Å². The first kappa shape index (κ1) is 12.0. The van der Waals surface area contributed by atoms with Gasteiger partial charge in [-0.25, -0.2) is 0 Å². The van der Waals surface area contributed by atoms with Crippen molar-refractivity contribution in [1.29, 1.82) is 0 Å². The smallest absolute Gasteiger partial charge is 0.342 e. The number of H-pyrrole nitrogens is 1. The monoisotopic (exact) mass is 247 g/mol. The number of aromatic nitrogens is 1. The molecule has 0 bridgehead atoms. The molecule has 0 saturated carbocycles. The second kappa shape index (κ2) is 3.51. The third-order valence-electron chi connectivity index (χ3n) is 1.51. The molecule has 1 aromatic rings. The highest BCUT2D eigenvalue weighted by Gasteiger charge is 2.43. The van der Waals surface area contributed by atoms with Gasteiger partial charge in [0.05, 0.1) is 5.56 Å². The molecule has 8 heteroatoms. The molecule has 0 unspecified atom stereocenters. The molecule has 0 fully saturated rings. The van der Waals surface area contributed by atoms with E-state index in [1.807, 2.05) is 0 Å². The predicted molar refractivity (Wildman–Crippen MR) is 41.6 cm³/mol. The molecule has 0 spiro atoms. The van der Waals surface area contributed by atoms with Gasteiger partial charge in [-0.3, -0.25) is 0 Å². The van der Waals surface area contributed by atoms with E-state index in [9.17, 15) is 26.3 Å². The van der Waals surface area contributed by atoms with Crippen molar-refractivity contribution >= 4 is 12.2 Å². The zero-order chi connectivity index (χ0) is 11.9. The van der Waals surface area contributed by atoms with Gasteiger partial charge in [0.1, 0.15) is 10.3 Å². The van der Waals surface area contributed by atoms with E-state index in [0.29, 0.717) is 6.07 Å². The molecule has 0 aromatic carbocycles. The lowest BCUT2D eigenvalue weighted by molar-refractivity contribution is -0.164. The highest BCUT2D eigenvalue weighted by molar-refractivity contribution is 7.71. The second-order valence-electron chi connectivity index (χ2n) is 2.61. The number of rotatable bonds is 0. The van der Waals surface area contributed by atoms with Crippen LogP contribution >= 0.6 is 12.2 Å². The Hall–Kier alpha value is -1.05. The summed E-state index contributed by atoms with van der Waals surface area (Å²) in [6.07, 6.45) is -10.2. The maximum atomic E-state index is 12.2. The van der Waals surface area contributed by atoms with E-state index in [4.69, 9.17) is 0 Å². The zero-order valence-corrected chi connectivity index (χ0v) is 7.65. The Morgan fingerprint density at radius 1 is 0.933 bits per heavy atom. The Bertz CT molecular complexity index is 415. The van der Waals surface area contributed by atoms with Gasteiger partial charge in [-0.1, -0.05) is 12.2 Å². The highest BCUT2D eigenvalue weighted by Crippen LogP contribution is 2.38. The molecule has 1 heterocycles. The normalized spacial score (nSPS) is 12.9. The van der Waals surface area contributed by atoms with Crippen LogP contribution in [-0.4, -0.2) is 4.98 Å². The van der Waals surface area contributed by atoms with Crippen LogP contribution in [0.4, 0.5) is 26.3 Å². The van der Waals surface area contributed by atoms with Crippen LogP contribution in [0.5, 0.6) is 0 Å². The first-order chi connectivity index (χ1) is 6.62. The van der Waals surface area contributed by atoms with Crippen molar-refractivity contribution in [2.24, 2.45) is 0 Å². The fraction of sp³-hybridized carbons (Fsp3) is 0.286. The van der Waals surface area contributed by atoms with Crippen molar-refractivity contribution in [1.82, 2.24) is 4.98 Å². The summed E-state index contributed by atoms with van der Waals surface area (Å²) in [5, 5.41) is 0. The van der Waals surface area contributed by atoms with Crippen LogP contribution < -0.4 is 0 Å². The van der Waals surface area contributed by atoms with Crippen LogP contribution in [0.1, 0.15) is 11.3 Å². The van der Waals surface area contributed by atoms with Crippen LogP contribution in [0.3, 0.4) is 0 Å². The third kappa shape index (κ3) is 2.71. The Labute approximate surface area is 84.7 Å². The van der Waals surface area contributed by atoms with Gasteiger partial charge in [-0.15, -0.1) is 0 Å². The number of halogens is 6. The van der Waals surface area contributed by atoms with Crippen LogP contribution in [0.2, 0.25) is 0 Å². The van der Waals surface area contributed by atoms with E-state index in [-0.39, 0.29) is 0 Å². The van der Waals surface area contributed by atoms with E-state index >= 15 is 0 Å². The van der Waals surface area contributed by atoms with Gasteiger partial charge in [0.25, 0.3) is 0 Å². The molecule has 0 atom stereocenters. The molecule has 1 aromatic heterocycles. The van der Waals surface area contributed by atoms with Crippen molar-refractivity contribution in [3.63, 3.8) is 0 Å². The summed E-state index contributed by atoms with van der Waals surface area (Å²) in [6.45, 7) is 0. The van der Waals surface area contributed by atoms with E-state index in [1.165, 1.54) is 4.98 Å². The highest BCUT2D eigenvalue weighted by atomic mass is 32.1. The first-order valence-corrected chi connectivity index (χ1v) is 3.91. The number of hydrogen-bond donors (Lipinski definition) is 1. The van der Waals surface area contributed by atoms with Gasteiger partial charge >= 0.3 is 12.4 Å². The Kier molecular flexibility index (Phi) is 2.81. The lowest BCUT2D eigenvalue weighted by Gasteiger charge is -2.14. The van der Waals surface area contributed by atoms with E-state index in [2.05, 4.69) is 12.2 Å². The van der Waals surface area contributed by atoms with Gasteiger partial charge in [-0.05, 0) is 12.1 Å². The summed E-state index contributed by atoms with van der Waals surface area (Å²) in [5.41, 5.74) is -3.65. The lowest BCUT2D eigenvalue weighted by atomic mass is 10.2. The minimum atomic E-state index is -5.11. The molecular weight excluding hydrogens is 244 g/mol. The fourth-order valence-corrected chi connectivity index (χ4v) is 1.10. The molecule has 0 amide bonds.